The van der Waals surface area contributed by atoms with Gasteiger partial charge in [0.25, 0.3) is 11.8 Å². The van der Waals surface area contributed by atoms with E-state index in [9.17, 15) is 9.59 Å². The van der Waals surface area contributed by atoms with Crippen molar-refractivity contribution >= 4 is 23.2 Å². The van der Waals surface area contributed by atoms with Crippen molar-refractivity contribution in [2.75, 3.05) is 13.1 Å². The van der Waals surface area contributed by atoms with Crippen LogP contribution in [0.15, 0.2) is 60.0 Å². The van der Waals surface area contributed by atoms with Crippen LogP contribution in [0.3, 0.4) is 0 Å². The third kappa shape index (κ3) is 5.54. The van der Waals surface area contributed by atoms with Crippen molar-refractivity contribution in [3.8, 4) is 11.1 Å². The fourth-order valence-electron chi connectivity index (χ4n) is 3.12. The van der Waals surface area contributed by atoms with Crippen molar-refractivity contribution in [2.24, 2.45) is 0 Å². The molecule has 0 atom stereocenters. The zero-order chi connectivity index (χ0) is 21.3. The lowest BCUT2D eigenvalue weighted by atomic mass is 10.0. The van der Waals surface area contributed by atoms with Crippen LogP contribution in [0.1, 0.15) is 52.5 Å². The average molecular weight is 422 g/mol. The van der Waals surface area contributed by atoms with Gasteiger partial charge >= 0.3 is 0 Å². The predicted octanol–water partition coefficient (Wildman–Crippen LogP) is 5.00. The number of carbonyl (C=O) groups is 2. The Balaban J connectivity index is 1.70. The highest BCUT2D eigenvalue weighted by atomic mass is 32.1. The number of nitrogens with one attached hydrogen (secondary N) is 1. The van der Waals surface area contributed by atoms with Gasteiger partial charge < -0.3 is 10.2 Å². The van der Waals surface area contributed by atoms with Crippen LogP contribution in [0.5, 0.6) is 0 Å². The molecule has 0 radical (unpaired) electrons. The quantitative estimate of drug-likeness (QED) is 0.529. The molecular weight excluding hydrogens is 394 g/mol. The van der Waals surface area contributed by atoms with Crippen molar-refractivity contribution in [1.82, 2.24) is 15.2 Å². The van der Waals surface area contributed by atoms with E-state index in [1.165, 1.54) is 11.3 Å². The van der Waals surface area contributed by atoms with E-state index in [4.69, 9.17) is 0 Å². The molecule has 1 N–H and O–H groups in total. The minimum absolute atomic E-state index is 0.0244. The lowest BCUT2D eigenvalue weighted by Crippen LogP contribution is -2.31. The Morgan fingerprint density at radius 3 is 2.33 bits per heavy atom. The Morgan fingerprint density at radius 1 is 0.967 bits per heavy atom. The third-order valence-electron chi connectivity index (χ3n) is 4.67. The highest BCUT2D eigenvalue weighted by Crippen LogP contribution is 2.21. The van der Waals surface area contributed by atoms with Crippen LogP contribution in [0.4, 0.5) is 0 Å². The Morgan fingerprint density at radius 2 is 1.67 bits per heavy atom. The monoisotopic (exact) mass is 421 g/mol. The first-order valence-electron chi connectivity index (χ1n) is 10.3. The van der Waals surface area contributed by atoms with Gasteiger partial charge in [-0.3, -0.25) is 9.59 Å². The molecule has 0 bridgehead atoms. The summed E-state index contributed by atoms with van der Waals surface area (Å²) >= 11 is 1.41. The van der Waals surface area contributed by atoms with Crippen molar-refractivity contribution in [1.29, 1.82) is 0 Å². The summed E-state index contributed by atoms with van der Waals surface area (Å²) in [5.41, 5.74) is 3.27. The van der Waals surface area contributed by atoms with Crippen LogP contribution in [0.25, 0.3) is 11.1 Å². The van der Waals surface area contributed by atoms with Crippen LogP contribution in [-0.4, -0.2) is 34.8 Å². The molecule has 0 fully saturated rings. The lowest BCUT2D eigenvalue weighted by Gasteiger charge is -2.21. The Kier molecular flexibility index (Phi) is 7.74. The van der Waals surface area contributed by atoms with Gasteiger partial charge in [-0.05, 0) is 36.1 Å². The molecule has 1 heterocycles. The van der Waals surface area contributed by atoms with E-state index in [-0.39, 0.29) is 11.8 Å². The molecular formula is C24H27N3O2S. The smallest absolute Gasteiger partial charge is 0.270 e. The zero-order valence-electron chi connectivity index (χ0n) is 17.4. The fraction of sp³-hybridized carbons (Fsp3) is 0.292. The highest BCUT2D eigenvalue weighted by molar-refractivity contribution is 7.09. The van der Waals surface area contributed by atoms with Gasteiger partial charge in [0.2, 0.25) is 0 Å². The molecule has 0 aliphatic rings. The molecule has 0 unspecified atom stereocenters. The maximum absolute atomic E-state index is 13.1. The summed E-state index contributed by atoms with van der Waals surface area (Å²) < 4.78 is 0. The number of rotatable bonds is 9. The highest BCUT2D eigenvalue weighted by Gasteiger charge is 2.18. The van der Waals surface area contributed by atoms with Crippen molar-refractivity contribution in [2.45, 2.75) is 33.2 Å². The molecule has 3 rings (SSSR count). The first kappa shape index (κ1) is 21.7. The molecule has 0 spiro atoms. The molecule has 0 saturated carbocycles. The summed E-state index contributed by atoms with van der Waals surface area (Å²) in [4.78, 5) is 31.4. The maximum Gasteiger partial charge on any atom is 0.270 e. The van der Waals surface area contributed by atoms with Gasteiger partial charge in [0.15, 0.2) is 0 Å². The zero-order valence-corrected chi connectivity index (χ0v) is 18.2. The van der Waals surface area contributed by atoms with Gasteiger partial charge in [0.1, 0.15) is 10.7 Å². The minimum Gasteiger partial charge on any atom is -0.351 e. The van der Waals surface area contributed by atoms with Crippen LogP contribution in [0, 0.1) is 0 Å². The molecule has 0 saturated heterocycles. The molecule has 6 heteroatoms. The summed E-state index contributed by atoms with van der Waals surface area (Å²) in [5, 5.41) is 5.35. The maximum atomic E-state index is 13.1. The molecule has 30 heavy (non-hydrogen) atoms. The number of amides is 2. The lowest BCUT2D eigenvalue weighted by molar-refractivity contribution is 0.0743. The molecule has 2 aromatic carbocycles. The average Bonchev–Trinajstić information content (AvgIpc) is 3.26. The number of hydrogen-bond acceptors (Lipinski definition) is 4. The van der Waals surface area contributed by atoms with E-state index in [0.29, 0.717) is 30.9 Å². The number of thiazole rings is 1. The predicted molar refractivity (Wildman–Crippen MR) is 122 cm³/mol. The summed E-state index contributed by atoms with van der Waals surface area (Å²) in [5.74, 6) is -0.187. The van der Waals surface area contributed by atoms with E-state index in [2.05, 4.69) is 22.4 Å². The Bertz CT molecular complexity index is 968. The van der Waals surface area contributed by atoms with Crippen LogP contribution in [-0.2, 0) is 6.54 Å². The molecule has 156 valence electrons. The van der Waals surface area contributed by atoms with E-state index >= 15 is 0 Å². The number of carbonyl (C=O) groups excluding carboxylic acids is 2. The van der Waals surface area contributed by atoms with Gasteiger partial charge in [0.05, 0.1) is 6.54 Å². The summed E-state index contributed by atoms with van der Waals surface area (Å²) in [6, 6.07) is 17.8. The molecule has 0 aliphatic carbocycles. The molecule has 2 amide bonds. The van der Waals surface area contributed by atoms with Gasteiger partial charge in [-0.25, -0.2) is 4.98 Å². The number of hydrogen-bond donors (Lipinski definition) is 1. The van der Waals surface area contributed by atoms with E-state index in [1.54, 1.807) is 10.3 Å². The Labute approximate surface area is 181 Å². The summed E-state index contributed by atoms with van der Waals surface area (Å²) in [7, 11) is 0. The molecule has 5 nitrogen and oxygen atoms in total. The topological polar surface area (TPSA) is 62.3 Å². The molecule has 0 aliphatic heterocycles. The van der Waals surface area contributed by atoms with E-state index in [1.807, 2.05) is 56.3 Å². The normalized spacial score (nSPS) is 10.6. The first-order valence-corrected chi connectivity index (χ1v) is 11.2. The van der Waals surface area contributed by atoms with Gasteiger partial charge in [-0.15, -0.1) is 11.3 Å². The largest absolute Gasteiger partial charge is 0.351 e. The van der Waals surface area contributed by atoms with Crippen LogP contribution in [0.2, 0.25) is 0 Å². The van der Waals surface area contributed by atoms with Gasteiger partial charge in [-0.1, -0.05) is 56.3 Å². The second-order valence-electron chi connectivity index (χ2n) is 7.05. The molecule has 3 aromatic rings. The Hall–Kier alpha value is -2.99. The van der Waals surface area contributed by atoms with Gasteiger partial charge in [0, 0.05) is 24.0 Å². The first-order chi connectivity index (χ1) is 14.6. The van der Waals surface area contributed by atoms with Crippen LogP contribution >= 0.6 is 11.3 Å². The summed E-state index contributed by atoms with van der Waals surface area (Å²) in [6.45, 7) is 5.72. The SMILES string of the molecule is CCCNC(=O)c1csc(CN(CCC)C(=O)c2ccc(-c3ccccc3)cc2)n1. The van der Waals surface area contributed by atoms with Crippen molar-refractivity contribution in [3.63, 3.8) is 0 Å². The second kappa shape index (κ2) is 10.7. The van der Waals surface area contributed by atoms with Crippen molar-refractivity contribution in [3.05, 3.63) is 76.2 Å². The third-order valence-corrected chi connectivity index (χ3v) is 5.50. The van der Waals surface area contributed by atoms with E-state index < -0.39 is 0 Å². The minimum atomic E-state index is -0.163. The number of benzene rings is 2. The second-order valence-corrected chi connectivity index (χ2v) is 8.00. The van der Waals surface area contributed by atoms with E-state index in [0.717, 1.165) is 29.0 Å². The van der Waals surface area contributed by atoms with Crippen molar-refractivity contribution < 1.29 is 9.59 Å². The fourth-order valence-corrected chi connectivity index (χ4v) is 3.91. The molecule has 1 aromatic heterocycles. The van der Waals surface area contributed by atoms with Gasteiger partial charge in [-0.2, -0.15) is 0 Å². The number of nitrogens with zero attached hydrogens (tertiary/aromatic N) is 2. The number of aromatic nitrogens is 1. The standard InChI is InChI=1S/C24H27N3O2S/c1-3-14-25-23(28)21-17-30-22(26-21)16-27(15-4-2)24(29)20-12-10-19(11-13-20)18-8-6-5-7-9-18/h5-13,17H,3-4,14-16H2,1-2H3,(H,25,28). The van der Waals surface area contributed by atoms with Crippen LogP contribution < -0.4 is 5.32 Å². The summed E-state index contributed by atoms with van der Waals surface area (Å²) in [6.07, 6.45) is 1.73.